The van der Waals surface area contributed by atoms with Crippen LogP contribution in [0.2, 0.25) is 0 Å². The van der Waals surface area contributed by atoms with Gasteiger partial charge in [-0.1, -0.05) is 12.1 Å². The average molecular weight is 367 g/mol. The highest BCUT2D eigenvalue weighted by molar-refractivity contribution is 7.90. The lowest BCUT2D eigenvalue weighted by atomic mass is 10.1. The summed E-state index contributed by atoms with van der Waals surface area (Å²) >= 11 is 0. The molecule has 136 valence electrons. The van der Waals surface area contributed by atoms with Crippen LogP contribution in [0.1, 0.15) is 28.6 Å². The zero-order valence-corrected chi connectivity index (χ0v) is 15.1. The third-order valence-electron chi connectivity index (χ3n) is 4.33. The van der Waals surface area contributed by atoms with Crippen molar-refractivity contribution in [1.82, 2.24) is 14.7 Å². The first-order chi connectivity index (χ1) is 11.7. The van der Waals surface area contributed by atoms with E-state index in [9.17, 15) is 17.9 Å². The monoisotopic (exact) mass is 367 g/mol. The lowest BCUT2D eigenvalue weighted by Crippen LogP contribution is -2.33. The van der Waals surface area contributed by atoms with Crippen molar-refractivity contribution < 1.29 is 17.9 Å². The Morgan fingerprint density at radius 3 is 2.76 bits per heavy atom. The van der Waals surface area contributed by atoms with Crippen LogP contribution in [0.25, 0.3) is 0 Å². The first-order valence-corrected chi connectivity index (χ1v) is 10.2. The van der Waals surface area contributed by atoms with Crippen molar-refractivity contribution >= 4 is 9.84 Å². The maximum Gasteiger partial charge on any atom is 0.150 e. The fourth-order valence-electron chi connectivity index (χ4n) is 3.08. The summed E-state index contributed by atoms with van der Waals surface area (Å²) in [6, 6.07) is 6.88. The molecule has 0 saturated carbocycles. The summed E-state index contributed by atoms with van der Waals surface area (Å²) in [5.74, 6) is -0.535. The summed E-state index contributed by atoms with van der Waals surface area (Å²) in [5, 5.41) is 14.4. The molecule has 2 heterocycles. The van der Waals surface area contributed by atoms with E-state index in [1.165, 1.54) is 6.07 Å². The summed E-state index contributed by atoms with van der Waals surface area (Å²) in [7, 11) is -3.27. The average Bonchev–Trinajstić information content (AvgIpc) is 2.93. The number of aliphatic hydroxyl groups excluding tert-OH is 1. The number of sulfone groups is 1. The Bertz CT molecular complexity index is 879. The SMILES string of the molecule is Cc1cc(CN2CCn3nc([C@@H](O)CS(C)(=O)=O)cc3C2)ccc1F. The van der Waals surface area contributed by atoms with Crippen molar-refractivity contribution in [2.45, 2.75) is 32.7 Å². The van der Waals surface area contributed by atoms with E-state index in [-0.39, 0.29) is 11.6 Å². The molecule has 0 unspecified atom stereocenters. The molecular formula is C17H22FN3O3S. The van der Waals surface area contributed by atoms with Gasteiger partial charge in [0, 0.05) is 25.9 Å². The number of hydrogen-bond acceptors (Lipinski definition) is 5. The molecule has 0 fully saturated rings. The Morgan fingerprint density at radius 1 is 1.32 bits per heavy atom. The Kier molecular flexibility index (Phi) is 4.95. The lowest BCUT2D eigenvalue weighted by Gasteiger charge is -2.27. The van der Waals surface area contributed by atoms with E-state index in [1.807, 2.05) is 10.7 Å². The van der Waals surface area contributed by atoms with E-state index in [2.05, 4.69) is 10.00 Å². The van der Waals surface area contributed by atoms with Crippen LogP contribution in [0, 0.1) is 12.7 Å². The van der Waals surface area contributed by atoms with E-state index in [0.717, 1.165) is 24.1 Å². The molecule has 1 aromatic carbocycles. The summed E-state index contributed by atoms with van der Waals surface area (Å²) in [6.07, 6.45) is -0.0140. The zero-order chi connectivity index (χ0) is 18.2. The molecule has 0 spiro atoms. The van der Waals surface area contributed by atoms with Crippen LogP contribution in [0.15, 0.2) is 24.3 Å². The van der Waals surface area contributed by atoms with Gasteiger partial charge >= 0.3 is 0 Å². The van der Waals surface area contributed by atoms with Gasteiger partial charge in [0.15, 0.2) is 0 Å². The van der Waals surface area contributed by atoms with Crippen molar-refractivity contribution in [2.24, 2.45) is 0 Å². The first kappa shape index (κ1) is 18.0. The van der Waals surface area contributed by atoms with Crippen molar-refractivity contribution in [3.63, 3.8) is 0 Å². The summed E-state index contributed by atoms with van der Waals surface area (Å²) < 4.78 is 37.9. The van der Waals surface area contributed by atoms with E-state index >= 15 is 0 Å². The first-order valence-electron chi connectivity index (χ1n) is 8.11. The topological polar surface area (TPSA) is 75.4 Å². The van der Waals surface area contributed by atoms with Crippen LogP contribution >= 0.6 is 0 Å². The molecule has 1 aliphatic heterocycles. The highest BCUT2D eigenvalue weighted by atomic mass is 32.2. The minimum absolute atomic E-state index is 0.204. The maximum absolute atomic E-state index is 13.4. The van der Waals surface area contributed by atoms with Crippen LogP contribution in [-0.2, 0) is 29.5 Å². The van der Waals surface area contributed by atoms with Crippen LogP contribution < -0.4 is 0 Å². The van der Waals surface area contributed by atoms with Crippen molar-refractivity contribution in [2.75, 3.05) is 18.6 Å². The Balaban J connectivity index is 1.70. The van der Waals surface area contributed by atoms with E-state index < -0.39 is 15.9 Å². The Hall–Kier alpha value is -1.77. The zero-order valence-electron chi connectivity index (χ0n) is 14.3. The largest absolute Gasteiger partial charge is 0.386 e. The molecule has 1 atom stereocenters. The van der Waals surface area contributed by atoms with Gasteiger partial charge in [-0.05, 0) is 30.2 Å². The molecular weight excluding hydrogens is 345 g/mol. The highest BCUT2D eigenvalue weighted by Gasteiger charge is 2.23. The molecule has 8 heteroatoms. The quantitative estimate of drug-likeness (QED) is 0.865. The number of halogens is 1. The number of nitrogens with zero attached hydrogens (tertiary/aromatic N) is 3. The van der Waals surface area contributed by atoms with E-state index in [0.29, 0.717) is 30.9 Å². The molecule has 1 aliphatic rings. The van der Waals surface area contributed by atoms with Gasteiger partial charge in [-0.2, -0.15) is 5.10 Å². The third-order valence-corrected chi connectivity index (χ3v) is 5.25. The van der Waals surface area contributed by atoms with Gasteiger partial charge in [-0.3, -0.25) is 9.58 Å². The predicted octanol–water partition coefficient (Wildman–Crippen LogP) is 1.42. The Morgan fingerprint density at radius 2 is 2.08 bits per heavy atom. The number of rotatable bonds is 5. The Labute approximate surface area is 146 Å². The third kappa shape index (κ3) is 4.45. The number of hydrogen-bond donors (Lipinski definition) is 1. The summed E-state index contributed by atoms with van der Waals surface area (Å²) in [6.45, 7) is 4.55. The number of aromatic nitrogens is 2. The molecule has 0 radical (unpaired) electrons. The van der Waals surface area contributed by atoms with Crippen molar-refractivity contribution in [1.29, 1.82) is 0 Å². The predicted molar refractivity (Wildman–Crippen MR) is 92.1 cm³/mol. The standard InChI is InChI=1S/C17H22FN3O3S/c1-12-7-13(3-4-15(12)18)9-20-5-6-21-14(10-20)8-16(19-21)17(22)11-25(2,23)24/h3-4,7-8,17,22H,5-6,9-11H2,1-2H3/t17-/m0/s1. The number of aryl methyl sites for hydroxylation is 1. The van der Waals surface area contributed by atoms with Gasteiger partial charge in [0.05, 0.1) is 23.7 Å². The van der Waals surface area contributed by atoms with Gasteiger partial charge in [-0.15, -0.1) is 0 Å². The number of aliphatic hydroxyl groups is 1. The molecule has 25 heavy (non-hydrogen) atoms. The smallest absolute Gasteiger partial charge is 0.150 e. The molecule has 0 amide bonds. The van der Waals surface area contributed by atoms with Gasteiger partial charge in [0.1, 0.15) is 21.8 Å². The van der Waals surface area contributed by atoms with Crippen LogP contribution in [0.3, 0.4) is 0 Å². The second-order valence-electron chi connectivity index (χ2n) is 6.69. The maximum atomic E-state index is 13.4. The van der Waals surface area contributed by atoms with Gasteiger partial charge in [-0.25, -0.2) is 12.8 Å². The van der Waals surface area contributed by atoms with Gasteiger partial charge in [0.25, 0.3) is 0 Å². The molecule has 0 bridgehead atoms. The molecule has 3 rings (SSSR count). The number of benzene rings is 1. The molecule has 1 N–H and O–H groups in total. The molecule has 6 nitrogen and oxygen atoms in total. The minimum Gasteiger partial charge on any atom is -0.386 e. The summed E-state index contributed by atoms with van der Waals surface area (Å²) in [5.41, 5.74) is 3.00. The second kappa shape index (κ2) is 6.86. The highest BCUT2D eigenvalue weighted by Crippen LogP contribution is 2.21. The van der Waals surface area contributed by atoms with Crippen molar-refractivity contribution in [3.05, 3.63) is 52.6 Å². The lowest BCUT2D eigenvalue weighted by molar-refractivity contribution is 0.191. The molecule has 0 aliphatic carbocycles. The minimum atomic E-state index is -3.27. The summed E-state index contributed by atoms with van der Waals surface area (Å²) in [4.78, 5) is 2.22. The van der Waals surface area contributed by atoms with Crippen LogP contribution in [-0.4, -0.2) is 46.8 Å². The van der Waals surface area contributed by atoms with Gasteiger partial charge < -0.3 is 5.11 Å². The normalized spacial score (nSPS) is 16.6. The van der Waals surface area contributed by atoms with Gasteiger partial charge in [0.2, 0.25) is 0 Å². The fourth-order valence-corrected chi connectivity index (χ4v) is 3.82. The molecule has 2 aromatic rings. The molecule has 0 saturated heterocycles. The van der Waals surface area contributed by atoms with Crippen LogP contribution in [0.4, 0.5) is 4.39 Å². The van der Waals surface area contributed by atoms with Crippen molar-refractivity contribution in [3.8, 4) is 0 Å². The van der Waals surface area contributed by atoms with E-state index in [1.54, 1.807) is 19.1 Å². The van der Waals surface area contributed by atoms with Crippen LogP contribution in [0.5, 0.6) is 0 Å². The number of fused-ring (bicyclic) bond motifs is 1. The fraction of sp³-hybridized carbons (Fsp3) is 0.471. The van der Waals surface area contributed by atoms with E-state index in [4.69, 9.17) is 0 Å². The second-order valence-corrected chi connectivity index (χ2v) is 8.87. The molecule has 1 aromatic heterocycles.